The molecule has 0 atom stereocenters. The summed E-state index contributed by atoms with van der Waals surface area (Å²) in [7, 11) is 3.82. The van der Waals surface area contributed by atoms with E-state index in [0.717, 1.165) is 42.5 Å². The van der Waals surface area contributed by atoms with Gasteiger partial charge in [0.2, 0.25) is 11.7 Å². The zero-order valence-electron chi connectivity index (χ0n) is 18.4. The molecular weight excluding hydrogens is 396 g/mol. The van der Waals surface area contributed by atoms with E-state index in [0.29, 0.717) is 25.5 Å². The van der Waals surface area contributed by atoms with Crippen molar-refractivity contribution in [2.45, 2.75) is 45.2 Å². The van der Waals surface area contributed by atoms with E-state index >= 15 is 0 Å². The van der Waals surface area contributed by atoms with Crippen molar-refractivity contribution in [3.05, 3.63) is 41.6 Å². The molecule has 166 valence electrons. The molecule has 1 fully saturated rings. The summed E-state index contributed by atoms with van der Waals surface area (Å²) in [4.78, 5) is 31.9. The number of imidazole rings is 1. The Morgan fingerprint density at radius 2 is 1.87 bits per heavy atom. The van der Waals surface area contributed by atoms with Gasteiger partial charge in [-0.25, -0.2) is 4.98 Å². The van der Waals surface area contributed by atoms with Gasteiger partial charge in [0.1, 0.15) is 24.8 Å². The Morgan fingerprint density at radius 3 is 2.58 bits per heavy atom. The molecule has 2 aliphatic rings. The smallest absolute Gasteiger partial charge is 0.290 e. The van der Waals surface area contributed by atoms with E-state index in [4.69, 9.17) is 9.47 Å². The SMILES string of the molecule is CC1=C(C(=O)NC2CCC(C(=O)N(C)Cc3nc4ccccc4n3C)CC2)OCCO1. The number of benzene rings is 1. The number of fused-ring (bicyclic) bond motifs is 1. The second-order valence-corrected chi connectivity index (χ2v) is 8.37. The molecule has 1 N–H and O–H groups in total. The van der Waals surface area contributed by atoms with Gasteiger partial charge in [-0.1, -0.05) is 12.1 Å². The number of nitrogens with zero attached hydrogens (tertiary/aromatic N) is 3. The fourth-order valence-corrected chi connectivity index (χ4v) is 4.41. The van der Waals surface area contributed by atoms with E-state index in [-0.39, 0.29) is 29.5 Å². The molecule has 0 radical (unpaired) electrons. The number of aromatic nitrogens is 2. The number of para-hydroxylation sites is 2. The van der Waals surface area contributed by atoms with Crippen LogP contribution in [0.5, 0.6) is 0 Å². The van der Waals surface area contributed by atoms with Gasteiger partial charge in [0.05, 0.1) is 17.6 Å². The summed E-state index contributed by atoms with van der Waals surface area (Å²) in [5, 5.41) is 3.03. The van der Waals surface area contributed by atoms with Gasteiger partial charge in [-0.3, -0.25) is 9.59 Å². The molecule has 0 bridgehead atoms. The number of aryl methyl sites for hydroxylation is 1. The minimum absolute atomic E-state index is 0.0250. The number of nitrogens with one attached hydrogen (secondary N) is 1. The fraction of sp³-hybridized carbons (Fsp3) is 0.522. The molecular formula is C23H30N4O4. The molecule has 2 amide bonds. The summed E-state index contributed by atoms with van der Waals surface area (Å²) in [5.74, 6) is 1.55. The van der Waals surface area contributed by atoms with Crippen molar-refractivity contribution >= 4 is 22.8 Å². The zero-order chi connectivity index (χ0) is 22.0. The second-order valence-electron chi connectivity index (χ2n) is 8.37. The maximum absolute atomic E-state index is 13.0. The van der Waals surface area contributed by atoms with Crippen LogP contribution in [0.4, 0.5) is 0 Å². The maximum atomic E-state index is 13.0. The highest BCUT2D eigenvalue weighted by Crippen LogP contribution is 2.27. The van der Waals surface area contributed by atoms with Crippen LogP contribution in [0, 0.1) is 5.92 Å². The average molecular weight is 427 g/mol. The minimum Gasteiger partial charge on any atom is -0.491 e. The Morgan fingerprint density at radius 1 is 1.16 bits per heavy atom. The molecule has 1 aromatic heterocycles. The monoisotopic (exact) mass is 426 g/mol. The Kier molecular flexibility index (Phi) is 6.15. The predicted molar refractivity (Wildman–Crippen MR) is 116 cm³/mol. The number of allylic oxidation sites excluding steroid dienone is 1. The summed E-state index contributed by atoms with van der Waals surface area (Å²) in [6, 6.07) is 8.03. The third kappa shape index (κ3) is 4.52. The summed E-state index contributed by atoms with van der Waals surface area (Å²) in [5.41, 5.74) is 2.00. The lowest BCUT2D eigenvalue weighted by Gasteiger charge is -2.31. The molecule has 8 heteroatoms. The van der Waals surface area contributed by atoms with Gasteiger partial charge in [0.15, 0.2) is 0 Å². The van der Waals surface area contributed by atoms with Crippen molar-refractivity contribution < 1.29 is 19.1 Å². The molecule has 2 heterocycles. The van der Waals surface area contributed by atoms with Crippen LogP contribution < -0.4 is 5.32 Å². The number of hydrogen-bond donors (Lipinski definition) is 1. The van der Waals surface area contributed by atoms with Crippen LogP contribution in [0.25, 0.3) is 11.0 Å². The topological polar surface area (TPSA) is 85.7 Å². The molecule has 31 heavy (non-hydrogen) atoms. The van der Waals surface area contributed by atoms with Gasteiger partial charge >= 0.3 is 0 Å². The lowest BCUT2D eigenvalue weighted by molar-refractivity contribution is -0.136. The van der Waals surface area contributed by atoms with Crippen LogP contribution in [0.15, 0.2) is 35.8 Å². The standard InChI is InChI=1S/C23H30N4O4/c1-15-21(31-13-12-30-15)22(28)24-17-10-8-16(9-11-17)23(29)26(2)14-20-25-18-6-4-5-7-19(18)27(20)3/h4-7,16-17H,8-14H2,1-3H3,(H,24,28). The second kappa shape index (κ2) is 8.99. The van der Waals surface area contributed by atoms with Crippen LogP contribution in [0.3, 0.4) is 0 Å². The Balaban J connectivity index is 1.30. The van der Waals surface area contributed by atoms with Gasteiger partial charge in [-0.15, -0.1) is 0 Å². The largest absolute Gasteiger partial charge is 0.491 e. The molecule has 0 unspecified atom stereocenters. The quantitative estimate of drug-likeness (QED) is 0.794. The Bertz CT molecular complexity index is 1000. The van der Waals surface area contributed by atoms with Gasteiger partial charge in [0, 0.05) is 26.1 Å². The minimum atomic E-state index is -0.231. The van der Waals surface area contributed by atoms with Crippen molar-refractivity contribution in [1.29, 1.82) is 0 Å². The van der Waals surface area contributed by atoms with E-state index in [1.54, 1.807) is 11.8 Å². The van der Waals surface area contributed by atoms with Crippen molar-refractivity contribution in [3.8, 4) is 0 Å². The third-order valence-electron chi connectivity index (χ3n) is 6.22. The van der Waals surface area contributed by atoms with Crippen LogP contribution in [0.2, 0.25) is 0 Å². The molecule has 2 aromatic rings. The van der Waals surface area contributed by atoms with Crippen molar-refractivity contribution in [2.75, 3.05) is 20.3 Å². The van der Waals surface area contributed by atoms with E-state index in [1.165, 1.54) is 0 Å². The van der Waals surface area contributed by atoms with Crippen molar-refractivity contribution in [1.82, 2.24) is 19.8 Å². The van der Waals surface area contributed by atoms with Gasteiger partial charge in [-0.05, 0) is 44.7 Å². The first-order chi connectivity index (χ1) is 14.9. The number of carbonyl (C=O) groups excluding carboxylic acids is 2. The van der Waals surface area contributed by atoms with Gasteiger partial charge < -0.3 is 24.3 Å². The Labute approximate surface area is 182 Å². The summed E-state index contributed by atoms with van der Waals surface area (Å²) in [6.07, 6.45) is 3.06. The third-order valence-corrected chi connectivity index (χ3v) is 6.22. The summed E-state index contributed by atoms with van der Waals surface area (Å²) < 4.78 is 12.9. The normalized spacial score (nSPS) is 21.4. The van der Waals surface area contributed by atoms with Crippen LogP contribution in [-0.2, 0) is 32.7 Å². The first-order valence-corrected chi connectivity index (χ1v) is 10.9. The first kappa shape index (κ1) is 21.2. The molecule has 0 spiro atoms. The molecule has 1 aromatic carbocycles. The highest BCUT2D eigenvalue weighted by molar-refractivity contribution is 5.92. The van der Waals surface area contributed by atoms with Crippen LogP contribution in [-0.4, -0.2) is 52.6 Å². The first-order valence-electron chi connectivity index (χ1n) is 10.9. The molecule has 1 aliphatic heterocycles. The van der Waals surface area contributed by atoms with Gasteiger partial charge in [-0.2, -0.15) is 0 Å². The van der Waals surface area contributed by atoms with Crippen LogP contribution >= 0.6 is 0 Å². The number of hydrogen-bond acceptors (Lipinski definition) is 5. The highest BCUT2D eigenvalue weighted by Gasteiger charge is 2.31. The number of amides is 2. The van der Waals surface area contributed by atoms with Crippen LogP contribution in [0.1, 0.15) is 38.4 Å². The van der Waals surface area contributed by atoms with Gasteiger partial charge in [0.25, 0.3) is 5.91 Å². The summed E-state index contributed by atoms with van der Waals surface area (Å²) >= 11 is 0. The van der Waals surface area contributed by atoms with E-state index in [1.807, 2.05) is 42.9 Å². The molecule has 1 saturated carbocycles. The number of ether oxygens (including phenoxy) is 2. The predicted octanol–water partition coefficient (Wildman–Crippen LogP) is 2.49. The fourth-order valence-electron chi connectivity index (χ4n) is 4.41. The lowest BCUT2D eigenvalue weighted by atomic mass is 9.85. The highest BCUT2D eigenvalue weighted by atomic mass is 16.6. The van der Waals surface area contributed by atoms with Crippen molar-refractivity contribution in [2.24, 2.45) is 13.0 Å². The molecule has 8 nitrogen and oxygen atoms in total. The summed E-state index contributed by atoms with van der Waals surface area (Å²) in [6.45, 7) is 3.08. The van der Waals surface area contributed by atoms with E-state index in [9.17, 15) is 9.59 Å². The average Bonchev–Trinajstić information content (AvgIpc) is 3.09. The molecule has 0 saturated heterocycles. The van der Waals surface area contributed by atoms with E-state index in [2.05, 4.69) is 10.3 Å². The number of carbonyl (C=O) groups is 2. The molecule has 1 aliphatic carbocycles. The lowest BCUT2D eigenvalue weighted by Crippen LogP contribution is -2.42. The van der Waals surface area contributed by atoms with Crippen molar-refractivity contribution in [3.63, 3.8) is 0 Å². The maximum Gasteiger partial charge on any atom is 0.290 e. The number of rotatable bonds is 5. The zero-order valence-corrected chi connectivity index (χ0v) is 18.4. The van der Waals surface area contributed by atoms with E-state index < -0.39 is 0 Å². The molecule has 4 rings (SSSR count). The Hall–Kier alpha value is -3.03.